The van der Waals surface area contributed by atoms with Gasteiger partial charge in [0.05, 0.1) is 13.0 Å². The van der Waals surface area contributed by atoms with Gasteiger partial charge in [0.2, 0.25) is 0 Å². The molecule has 1 N–H and O–H groups in total. The van der Waals surface area contributed by atoms with E-state index in [1.54, 1.807) is 12.5 Å². The Kier molecular flexibility index (Phi) is 2.72. The molecule has 15 heavy (non-hydrogen) atoms. The number of nitrogens with zero attached hydrogens (tertiary/aromatic N) is 2. The number of imidazole rings is 1. The summed E-state index contributed by atoms with van der Waals surface area (Å²) in [4.78, 5) is 4.00. The van der Waals surface area contributed by atoms with Crippen LogP contribution in [0.5, 0.6) is 0 Å². The van der Waals surface area contributed by atoms with Gasteiger partial charge < -0.3 is 9.88 Å². The van der Waals surface area contributed by atoms with E-state index in [2.05, 4.69) is 42.3 Å². The molecule has 2 rings (SSSR count). The topological polar surface area (TPSA) is 29.9 Å². The molecule has 2 aromatic rings. The Labute approximate surface area is 89.8 Å². The standard InChI is InChI=1S/C12H15N3/c1-10-4-3-5-11(2)12(10)14-9-15-7-6-13-8-15/h3-8,14H,9H2,1-2H3. The minimum Gasteiger partial charge on any atom is -0.367 e. The molecule has 0 atom stereocenters. The molecule has 1 aromatic heterocycles. The molecular weight excluding hydrogens is 186 g/mol. The van der Waals surface area contributed by atoms with Crippen LogP contribution in [0.3, 0.4) is 0 Å². The van der Waals surface area contributed by atoms with Crippen LogP contribution in [0.25, 0.3) is 0 Å². The fourth-order valence-electron chi connectivity index (χ4n) is 1.64. The number of benzene rings is 1. The highest BCUT2D eigenvalue weighted by Crippen LogP contribution is 2.19. The Balaban J connectivity index is 2.11. The van der Waals surface area contributed by atoms with E-state index in [4.69, 9.17) is 0 Å². The van der Waals surface area contributed by atoms with Gasteiger partial charge in [-0.15, -0.1) is 0 Å². The second-order valence-corrected chi connectivity index (χ2v) is 3.68. The van der Waals surface area contributed by atoms with Gasteiger partial charge in [0.25, 0.3) is 0 Å². The summed E-state index contributed by atoms with van der Waals surface area (Å²) in [6, 6.07) is 6.31. The number of rotatable bonds is 3. The fraction of sp³-hybridized carbons (Fsp3) is 0.250. The summed E-state index contributed by atoms with van der Waals surface area (Å²) in [5.41, 5.74) is 3.76. The third-order valence-electron chi connectivity index (χ3n) is 2.48. The van der Waals surface area contributed by atoms with Crippen molar-refractivity contribution in [3.05, 3.63) is 48.0 Å². The molecule has 3 nitrogen and oxygen atoms in total. The van der Waals surface area contributed by atoms with Crippen molar-refractivity contribution in [3.8, 4) is 0 Å². The Morgan fingerprint density at radius 1 is 1.27 bits per heavy atom. The van der Waals surface area contributed by atoms with Crippen molar-refractivity contribution >= 4 is 5.69 Å². The Bertz CT molecular complexity index is 412. The highest BCUT2D eigenvalue weighted by molar-refractivity contribution is 5.56. The van der Waals surface area contributed by atoms with Gasteiger partial charge in [-0.3, -0.25) is 0 Å². The minimum atomic E-state index is 0.756. The molecule has 0 aliphatic carbocycles. The van der Waals surface area contributed by atoms with Gasteiger partial charge in [0, 0.05) is 18.1 Å². The molecule has 78 valence electrons. The van der Waals surface area contributed by atoms with E-state index in [1.165, 1.54) is 16.8 Å². The normalized spacial score (nSPS) is 10.3. The number of aryl methyl sites for hydroxylation is 2. The second kappa shape index (κ2) is 4.17. The van der Waals surface area contributed by atoms with Crippen molar-refractivity contribution in [1.82, 2.24) is 9.55 Å². The number of nitrogens with one attached hydrogen (secondary N) is 1. The fourth-order valence-corrected chi connectivity index (χ4v) is 1.64. The molecule has 0 fully saturated rings. The van der Waals surface area contributed by atoms with Crippen LogP contribution in [-0.2, 0) is 6.67 Å². The molecule has 0 aliphatic rings. The van der Waals surface area contributed by atoms with Gasteiger partial charge >= 0.3 is 0 Å². The predicted molar refractivity (Wildman–Crippen MR) is 61.8 cm³/mol. The number of hydrogen-bond acceptors (Lipinski definition) is 2. The third-order valence-corrected chi connectivity index (χ3v) is 2.48. The Morgan fingerprint density at radius 3 is 2.60 bits per heavy atom. The van der Waals surface area contributed by atoms with E-state index in [-0.39, 0.29) is 0 Å². The first kappa shape index (κ1) is 9.77. The lowest BCUT2D eigenvalue weighted by Crippen LogP contribution is -2.07. The highest BCUT2D eigenvalue weighted by Gasteiger charge is 2.00. The van der Waals surface area contributed by atoms with Crippen LogP contribution >= 0.6 is 0 Å². The van der Waals surface area contributed by atoms with Crippen LogP contribution in [0, 0.1) is 13.8 Å². The maximum Gasteiger partial charge on any atom is 0.0960 e. The van der Waals surface area contributed by atoms with E-state index in [0.717, 1.165) is 6.67 Å². The average Bonchev–Trinajstić information content (AvgIpc) is 2.70. The zero-order valence-corrected chi connectivity index (χ0v) is 9.07. The van der Waals surface area contributed by atoms with Crippen LogP contribution in [-0.4, -0.2) is 9.55 Å². The van der Waals surface area contributed by atoms with E-state index in [1.807, 2.05) is 10.8 Å². The van der Waals surface area contributed by atoms with Crippen LogP contribution in [0.2, 0.25) is 0 Å². The molecule has 0 amide bonds. The van der Waals surface area contributed by atoms with E-state index < -0.39 is 0 Å². The molecule has 0 bridgehead atoms. The smallest absolute Gasteiger partial charge is 0.0960 e. The largest absolute Gasteiger partial charge is 0.367 e. The molecular formula is C12H15N3. The lowest BCUT2D eigenvalue weighted by Gasteiger charge is -2.12. The lowest BCUT2D eigenvalue weighted by atomic mass is 10.1. The van der Waals surface area contributed by atoms with Crippen molar-refractivity contribution in [2.75, 3.05) is 5.32 Å². The summed E-state index contributed by atoms with van der Waals surface area (Å²) in [6.07, 6.45) is 5.54. The van der Waals surface area contributed by atoms with Crippen molar-refractivity contribution in [1.29, 1.82) is 0 Å². The second-order valence-electron chi connectivity index (χ2n) is 3.68. The first-order valence-electron chi connectivity index (χ1n) is 5.03. The quantitative estimate of drug-likeness (QED) is 0.827. The zero-order chi connectivity index (χ0) is 10.7. The Morgan fingerprint density at radius 2 is 2.00 bits per heavy atom. The summed E-state index contributed by atoms with van der Waals surface area (Å²) in [6.45, 7) is 4.98. The van der Waals surface area contributed by atoms with Crippen LogP contribution in [0.4, 0.5) is 5.69 Å². The monoisotopic (exact) mass is 201 g/mol. The average molecular weight is 201 g/mol. The van der Waals surface area contributed by atoms with Gasteiger partial charge in [0.15, 0.2) is 0 Å². The zero-order valence-electron chi connectivity index (χ0n) is 9.07. The number of anilines is 1. The molecule has 1 aromatic carbocycles. The van der Waals surface area contributed by atoms with Crippen molar-refractivity contribution in [2.24, 2.45) is 0 Å². The predicted octanol–water partition coefficient (Wildman–Crippen LogP) is 2.57. The SMILES string of the molecule is Cc1cccc(C)c1NCn1ccnc1. The lowest BCUT2D eigenvalue weighted by molar-refractivity contribution is 0.772. The van der Waals surface area contributed by atoms with Crippen LogP contribution < -0.4 is 5.32 Å². The summed E-state index contributed by atoms with van der Waals surface area (Å²) in [7, 11) is 0. The van der Waals surface area contributed by atoms with Gasteiger partial charge in [-0.25, -0.2) is 4.98 Å². The summed E-state index contributed by atoms with van der Waals surface area (Å²) >= 11 is 0. The summed E-state index contributed by atoms with van der Waals surface area (Å²) in [5.74, 6) is 0. The van der Waals surface area contributed by atoms with Gasteiger partial charge in [-0.2, -0.15) is 0 Å². The maximum atomic E-state index is 4.00. The van der Waals surface area contributed by atoms with E-state index in [0.29, 0.717) is 0 Å². The maximum absolute atomic E-state index is 4.00. The third kappa shape index (κ3) is 2.18. The number of para-hydroxylation sites is 1. The van der Waals surface area contributed by atoms with Crippen molar-refractivity contribution in [3.63, 3.8) is 0 Å². The first-order chi connectivity index (χ1) is 7.27. The number of aromatic nitrogens is 2. The molecule has 0 saturated carbocycles. The first-order valence-corrected chi connectivity index (χ1v) is 5.03. The molecule has 0 saturated heterocycles. The van der Waals surface area contributed by atoms with E-state index >= 15 is 0 Å². The minimum absolute atomic E-state index is 0.756. The number of hydrogen-bond donors (Lipinski definition) is 1. The summed E-state index contributed by atoms with van der Waals surface area (Å²) < 4.78 is 2.01. The molecule has 0 unspecified atom stereocenters. The molecule has 0 radical (unpaired) electrons. The highest BCUT2D eigenvalue weighted by atomic mass is 15.1. The van der Waals surface area contributed by atoms with Crippen LogP contribution in [0.15, 0.2) is 36.9 Å². The van der Waals surface area contributed by atoms with Gasteiger partial charge in [0.1, 0.15) is 0 Å². The van der Waals surface area contributed by atoms with Gasteiger partial charge in [-0.1, -0.05) is 18.2 Å². The van der Waals surface area contributed by atoms with E-state index in [9.17, 15) is 0 Å². The van der Waals surface area contributed by atoms with Gasteiger partial charge in [-0.05, 0) is 25.0 Å². The molecule has 3 heteroatoms. The molecule has 1 heterocycles. The molecule has 0 spiro atoms. The van der Waals surface area contributed by atoms with Crippen molar-refractivity contribution in [2.45, 2.75) is 20.5 Å². The summed E-state index contributed by atoms with van der Waals surface area (Å²) in [5, 5.41) is 3.41. The van der Waals surface area contributed by atoms with Crippen molar-refractivity contribution < 1.29 is 0 Å². The Hall–Kier alpha value is -1.77. The molecule has 0 aliphatic heterocycles. The van der Waals surface area contributed by atoms with Crippen LogP contribution in [0.1, 0.15) is 11.1 Å².